The van der Waals surface area contributed by atoms with E-state index in [1.54, 1.807) is 0 Å². The Morgan fingerprint density at radius 3 is 2.35 bits per heavy atom. The highest BCUT2D eigenvalue weighted by Gasteiger charge is 2.18. The number of hydrogen-bond acceptors (Lipinski definition) is 4. The van der Waals surface area contributed by atoms with E-state index in [0.717, 1.165) is 5.56 Å². The third-order valence-corrected chi connectivity index (χ3v) is 3.02. The lowest BCUT2D eigenvalue weighted by molar-refractivity contribution is -0.149. The summed E-state index contributed by atoms with van der Waals surface area (Å²) >= 11 is 0. The van der Waals surface area contributed by atoms with Gasteiger partial charge >= 0.3 is 5.97 Å². The van der Waals surface area contributed by atoms with E-state index in [-0.39, 0.29) is 24.8 Å². The van der Waals surface area contributed by atoms with Crippen molar-refractivity contribution in [2.24, 2.45) is 5.92 Å². The van der Waals surface area contributed by atoms with Gasteiger partial charge in [-0.1, -0.05) is 44.2 Å². The maximum absolute atomic E-state index is 11.9. The smallest absolute Gasteiger partial charge is 0.308 e. The van der Waals surface area contributed by atoms with E-state index in [9.17, 15) is 14.4 Å². The summed E-state index contributed by atoms with van der Waals surface area (Å²) in [5, 5.41) is 5.38. The lowest BCUT2D eigenvalue weighted by Crippen LogP contribution is -2.33. The summed E-state index contributed by atoms with van der Waals surface area (Å²) in [6.45, 7) is 5.57. The van der Waals surface area contributed by atoms with E-state index in [4.69, 9.17) is 4.74 Å². The molecule has 1 atom stereocenters. The molecule has 0 aliphatic carbocycles. The maximum atomic E-state index is 11.9. The summed E-state index contributed by atoms with van der Waals surface area (Å²) in [5.41, 5.74) is 0.809. The molecule has 2 amide bonds. The first kappa shape index (κ1) is 18.7. The Kier molecular flexibility index (Phi) is 7.80. The molecule has 0 saturated carbocycles. The Bertz CT molecular complexity index is 529. The van der Waals surface area contributed by atoms with E-state index < -0.39 is 12.0 Å². The Labute approximate surface area is 136 Å². The molecule has 23 heavy (non-hydrogen) atoms. The fourth-order valence-corrected chi connectivity index (χ4v) is 1.92. The molecule has 0 radical (unpaired) electrons. The number of ether oxygens (including phenoxy) is 1. The largest absolute Gasteiger partial charge is 0.456 e. The van der Waals surface area contributed by atoms with Gasteiger partial charge in [-0.15, -0.1) is 0 Å². The normalized spacial score (nSPS) is 11.7. The van der Waals surface area contributed by atoms with Crippen LogP contribution in [0.1, 0.15) is 38.8 Å². The molecule has 0 saturated heterocycles. The molecule has 0 bridgehead atoms. The molecule has 0 unspecified atom stereocenters. The second-order valence-electron chi connectivity index (χ2n) is 5.73. The Morgan fingerprint density at radius 2 is 1.78 bits per heavy atom. The van der Waals surface area contributed by atoms with Crippen molar-refractivity contribution >= 4 is 17.8 Å². The molecule has 0 aliphatic rings. The third-order valence-electron chi connectivity index (χ3n) is 3.02. The molecule has 2 N–H and O–H groups in total. The van der Waals surface area contributed by atoms with Gasteiger partial charge in [-0.2, -0.15) is 0 Å². The molecule has 126 valence electrons. The zero-order chi connectivity index (χ0) is 17.2. The van der Waals surface area contributed by atoms with Crippen LogP contribution < -0.4 is 10.6 Å². The first-order chi connectivity index (χ1) is 10.9. The number of hydrogen-bond donors (Lipinski definition) is 2. The van der Waals surface area contributed by atoms with E-state index in [1.165, 1.54) is 6.92 Å². The van der Waals surface area contributed by atoms with E-state index >= 15 is 0 Å². The lowest BCUT2D eigenvalue weighted by atomic mass is 10.0. The number of amides is 2. The molecular formula is C17H24N2O4. The fraction of sp³-hybridized carbons (Fsp3) is 0.471. The monoisotopic (exact) mass is 320 g/mol. The van der Waals surface area contributed by atoms with Crippen LogP contribution in [0.4, 0.5) is 0 Å². The van der Waals surface area contributed by atoms with Gasteiger partial charge < -0.3 is 15.4 Å². The van der Waals surface area contributed by atoms with Gasteiger partial charge in [0.1, 0.15) is 0 Å². The number of benzene rings is 1. The molecule has 0 aromatic heterocycles. The van der Waals surface area contributed by atoms with Crippen LogP contribution in [0.5, 0.6) is 0 Å². The van der Waals surface area contributed by atoms with Gasteiger partial charge in [-0.3, -0.25) is 14.4 Å². The van der Waals surface area contributed by atoms with Gasteiger partial charge in [0.25, 0.3) is 5.91 Å². The highest BCUT2D eigenvalue weighted by atomic mass is 16.5. The van der Waals surface area contributed by atoms with Crippen LogP contribution in [0, 0.1) is 5.92 Å². The van der Waals surface area contributed by atoms with Crippen LogP contribution in [-0.2, 0) is 19.1 Å². The summed E-state index contributed by atoms with van der Waals surface area (Å²) < 4.78 is 4.97. The minimum absolute atomic E-state index is 0.0267. The molecule has 1 aromatic rings. The number of carbonyl (C=O) groups is 3. The predicted molar refractivity (Wildman–Crippen MR) is 86.4 cm³/mol. The van der Waals surface area contributed by atoms with Gasteiger partial charge in [0.15, 0.2) is 6.61 Å². The van der Waals surface area contributed by atoms with Crippen molar-refractivity contribution in [1.29, 1.82) is 0 Å². The minimum atomic E-state index is -0.535. The first-order valence-electron chi connectivity index (χ1n) is 7.63. The van der Waals surface area contributed by atoms with E-state index in [1.807, 2.05) is 44.2 Å². The van der Waals surface area contributed by atoms with Crippen LogP contribution in [0.25, 0.3) is 0 Å². The summed E-state index contributed by atoms with van der Waals surface area (Å²) in [6, 6.07) is 8.68. The Hall–Kier alpha value is -2.37. The van der Waals surface area contributed by atoms with Crippen molar-refractivity contribution in [3.63, 3.8) is 0 Å². The molecule has 0 heterocycles. The van der Waals surface area contributed by atoms with Crippen LogP contribution in [0.3, 0.4) is 0 Å². The molecule has 1 aromatic carbocycles. The van der Waals surface area contributed by atoms with Crippen molar-refractivity contribution in [2.45, 2.75) is 33.2 Å². The van der Waals surface area contributed by atoms with Gasteiger partial charge in [-0.25, -0.2) is 0 Å². The van der Waals surface area contributed by atoms with Crippen LogP contribution in [-0.4, -0.2) is 30.9 Å². The average Bonchev–Trinajstić information content (AvgIpc) is 2.50. The SMILES string of the molecule is CC(=O)N[C@@H](CC(=O)OCC(=O)NCC(C)C)c1ccccc1. The van der Waals surface area contributed by atoms with Crippen molar-refractivity contribution in [2.75, 3.05) is 13.2 Å². The fourth-order valence-electron chi connectivity index (χ4n) is 1.92. The molecule has 0 aliphatic heterocycles. The van der Waals surface area contributed by atoms with Crippen molar-refractivity contribution < 1.29 is 19.1 Å². The molecule has 6 nitrogen and oxygen atoms in total. The van der Waals surface area contributed by atoms with E-state index in [0.29, 0.717) is 12.5 Å². The summed E-state index contributed by atoms with van der Waals surface area (Å²) in [6.07, 6.45) is -0.0267. The third kappa shape index (κ3) is 7.99. The standard InChI is InChI=1S/C17H24N2O4/c1-12(2)10-18-16(21)11-23-17(22)9-15(19-13(3)20)14-7-5-4-6-8-14/h4-8,12,15H,9-11H2,1-3H3,(H,18,21)(H,19,20)/t15-/m0/s1. The van der Waals surface area contributed by atoms with Crippen LogP contribution >= 0.6 is 0 Å². The summed E-state index contributed by atoms with van der Waals surface area (Å²) in [7, 11) is 0. The zero-order valence-electron chi connectivity index (χ0n) is 13.8. The van der Waals surface area contributed by atoms with Crippen molar-refractivity contribution in [3.05, 3.63) is 35.9 Å². The quantitative estimate of drug-likeness (QED) is 0.712. The topological polar surface area (TPSA) is 84.5 Å². The highest BCUT2D eigenvalue weighted by Crippen LogP contribution is 2.17. The van der Waals surface area contributed by atoms with E-state index in [2.05, 4.69) is 10.6 Å². The van der Waals surface area contributed by atoms with Crippen LogP contribution in [0.15, 0.2) is 30.3 Å². The zero-order valence-corrected chi connectivity index (χ0v) is 13.8. The number of rotatable bonds is 8. The highest BCUT2D eigenvalue weighted by molar-refractivity contribution is 5.81. The minimum Gasteiger partial charge on any atom is -0.456 e. The second kappa shape index (κ2) is 9.61. The van der Waals surface area contributed by atoms with Gasteiger partial charge in [0.2, 0.25) is 5.91 Å². The Morgan fingerprint density at radius 1 is 1.13 bits per heavy atom. The molecule has 0 fully saturated rings. The van der Waals surface area contributed by atoms with Gasteiger partial charge in [0.05, 0.1) is 12.5 Å². The average molecular weight is 320 g/mol. The predicted octanol–water partition coefficient (Wildman–Crippen LogP) is 1.57. The number of carbonyl (C=O) groups excluding carboxylic acids is 3. The van der Waals surface area contributed by atoms with Crippen molar-refractivity contribution in [1.82, 2.24) is 10.6 Å². The maximum Gasteiger partial charge on any atom is 0.308 e. The van der Waals surface area contributed by atoms with Crippen molar-refractivity contribution in [3.8, 4) is 0 Å². The first-order valence-corrected chi connectivity index (χ1v) is 7.63. The molecule has 1 rings (SSSR count). The second-order valence-corrected chi connectivity index (χ2v) is 5.73. The molecule has 6 heteroatoms. The number of esters is 1. The lowest BCUT2D eigenvalue weighted by Gasteiger charge is -2.17. The molecular weight excluding hydrogens is 296 g/mol. The Balaban J connectivity index is 2.51. The van der Waals surface area contributed by atoms with Gasteiger partial charge in [0, 0.05) is 13.5 Å². The number of nitrogens with one attached hydrogen (secondary N) is 2. The summed E-state index contributed by atoms with van der Waals surface area (Å²) in [4.78, 5) is 34.7. The van der Waals surface area contributed by atoms with Crippen LogP contribution in [0.2, 0.25) is 0 Å². The summed E-state index contributed by atoms with van der Waals surface area (Å²) in [5.74, 6) is -0.770. The molecule has 0 spiro atoms. The van der Waals surface area contributed by atoms with Gasteiger partial charge in [-0.05, 0) is 11.5 Å².